The van der Waals surface area contributed by atoms with Gasteiger partial charge < -0.3 is 30.9 Å². The first-order valence-electron chi connectivity index (χ1n) is 17.9. The fourth-order valence-electron chi connectivity index (χ4n) is 6.79. The van der Waals surface area contributed by atoms with Gasteiger partial charge in [-0.2, -0.15) is 0 Å². The second-order valence-electron chi connectivity index (χ2n) is 16.9. The van der Waals surface area contributed by atoms with Crippen LogP contribution >= 0.6 is 0 Å². The van der Waals surface area contributed by atoms with Gasteiger partial charge in [-0.3, -0.25) is 28.8 Å². The van der Waals surface area contributed by atoms with E-state index in [0.29, 0.717) is 5.56 Å². The van der Waals surface area contributed by atoms with Gasteiger partial charge in [0.2, 0.25) is 29.9 Å². The number of nitrogens with one attached hydrogen (secondary N) is 4. The number of piperidine rings is 1. The second-order valence-corrected chi connectivity index (χ2v) is 16.9. The van der Waals surface area contributed by atoms with Gasteiger partial charge in [0.05, 0.1) is 12.6 Å². The first-order chi connectivity index (χ1) is 24.4. The Balaban J connectivity index is 1.78. The molecule has 6 atom stereocenters. The number of ether oxygens (including phenoxy) is 1. The van der Waals surface area contributed by atoms with Crippen LogP contribution in [0.5, 0.6) is 0 Å². The number of benzene rings is 1. The fourth-order valence-corrected chi connectivity index (χ4v) is 6.79. The number of carbonyl (C=O) groups excluding carboxylic acids is 7. The number of nitrogens with zero attached hydrogens (tertiary/aromatic N) is 1. The van der Waals surface area contributed by atoms with Crippen LogP contribution in [-0.2, 0) is 33.5 Å². The zero-order chi connectivity index (χ0) is 40.2. The number of halogens is 2. The van der Waals surface area contributed by atoms with E-state index in [9.17, 15) is 42.3 Å². The number of Topliss-reactive ketones (excluding diaryl/α,β-unsaturated/α-hetero) is 2. The maximum atomic E-state index is 14.1. The largest absolute Gasteiger partial charge is 0.444 e. The van der Waals surface area contributed by atoms with Crippen molar-refractivity contribution in [3.63, 3.8) is 0 Å². The molecule has 1 aromatic rings. The number of rotatable bonds is 15. The Hall–Kier alpha value is -4.43. The highest BCUT2D eigenvalue weighted by atomic mass is 19.3. The van der Waals surface area contributed by atoms with Crippen molar-refractivity contribution in [2.45, 2.75) is 118 Å². The molecular weight excluding hydrogens is 692 g/mol. The van der Waals surface area contributed by atoms with Gasteiger partial charge in [-0.15, -0.1) is 0 Å². The number of carbonyl (C=O) groups is 7. The van der Waals surface area contributed by atoms with Crippen LogP contribution in [0.25, 0.3) is 0 Å². The molecule has 2 aliphatic rings. The number of alkyl halides is 2. The van der Waals surface area contributed by atoms with E-state index < -0.39 is 102 Å². The van der Waals surface area contributed by atoms with E-state index in [4.69, 9.17) is 4.74 Å². The molecule has 0 aromatic heterocycles. The molecule has 53 heavy (non-hydrogen) atoms. The molecule has 1 aliphatic carbocycles. The molecule has 13 nitrogen and oxygen atoms in total. The Bertz CT molecular complexity index is 1550. The van der Waals surface area contributed by atoms with Crippen LogP contribution in [0, 0.1) is 28.6 Å². The number of alkyl carbamates (subject to hydrolysis) is 1. The highest BCUT2D eigenvalue weighted by Crippen LogP contribution is 2.65. The molecule has 0 bridgehead atoms. The average Bonchev–Trinajstić information content (AvgIpc) is 3.35. The van der Waals surface area contributed by atoms with Crippen molar-refractivity contribution in [1.82, 2.24) is 26.2 Å². The minimum atomic E-state index is -2.85. The molecule has 1 aromatic carbocycles. The lowest BCUT2D eigenvalue weighted by Crippen LogP contribution is -2.61. The first-order valence-corrected chi connectivity index (χ1v) is 17.9. The van der Waals surface area contributed by atoms with Gasteiger partial charge in [0, 0.05) is 18.9 Å². The van der Waals surface area contributed by atoms with E-state index >= 15 is 0 Å². The second kappa shape index (κ2) is 16.7. The highest BCUT2D eigenvalue weighted by Gasteiger charge is 2.70. The average molecular weight is 748 g/mol. The molecule has 15 heteroatoms. The Morgan fingerprint density at radius 3 is 2.04 bits per heavy atom. The van der Waals surface area contributed by atoms with Crippen LogP contribution < -0.4 is 21.3 Å². The monoisotopic (exact) mass is 747 g/mol. The number of hydrogen-bond acceptors (Lipinski definition) is 8. The predicted molar refractivity (Wildman–Crippen MR) is 191 cm³/mol. The summed E-state index contributed by atoms with van der Waals surface area (Å²) in [4.78, 5) is 94.3. The van der Waals surface area contributed by atoms with Crippen LogP contribution in [0.2, 0.25) is 0 Å². The molecular formula is C38H55F2N5O8. The molecule has 1 saturated carbocycles. The summed E-state index contributed by atoms with van der Waals surface area (Å²) in [5.74, 6) is -5.86. The molecule has 1 unspecified atom stereocenters. The van der Waals surface area contributed by atoms with E-state index in [1.165, 1.54) is 4.90 Å². The number of fused-ring (bicyclic) bond motifs is 1. The van der Waals surface area contributed by atoms with E-state index in [2.05, 4.69) is 21.3 Å². The van der Waals surface area contributed by atoms with Crippen LogP contribution in [0.1, 0.15) is 93.7 Å². The van der Waals surface area contributed by atoms with Gasteiger partial charge in [0.1, 0.15) is 23.7 Å². The minimum absolute atomic E-state index is 0.0938. The minimum Gasteiger partial charge on any atom is -0.444 e. The smallest absolute Gasteiger partial charge is 0.408 e. The first kappa shape index (κ1) is 43.0. The third-order valence-corrected chi connectivity index (χ3v) is 9.77. The molecule has 0 radical (unpaired) electrons. The predicted octanol–water partition coefficient (Wildman–Crippen LogP) is 3.71. The van der Waals surface area contributed by atoms with Crippen molar-refractivity contribution in [3.05, 3.63) is 35.9 Å². The number of likely N-dealkylation sites (tertiary alicyclic amines) is 1. The van der Waals surface area contributed by atoms with Gasteiger partial charge in [0.25, 0.3) is 5.91 Å². The molecule has 4 N–H and O–H groups in total. The maximum absolute atomic E-state index is 14.1. The summed E-state index contributed by atoms with van der Waals surface area (Å²) in [5, 5.41) is 9.84. The SMILES string of the molecule is CC(C)C(=O)[C@@H](NC(=O)CNC(=O)C(=O)C(CCC(F)F)NC(=O)[C@@H]1[C@@H]2[C@H](CN1C(=O)[C@@H](NC(=O)OC(C)(C)C)C(C)(C)C)C2(C)C)c1ccccc1. The van der Waals surface area contributed by atoms with E-state index in [1.807, 2.05) is 13.8 Å². The summed E-state index contributed by atoms with van der Waals surface area (Å²) in [7, 11) is 0. The summed E-state index contributed by atoms with van der Waals surface area (Å²) >= 11 is 0. The van der Waals surface area contributed by atoms with Crippen molar-refractivity contribution in [2.75, 3.05) is 13.1 Å². The maximum Gasteiger partial charge on any atom is 0.408 e. The molecule has 1 saturated heterocycles. The normalized spacial score (nSPS) is 20.8. The molecule has 294 valence electrons. The fraction of sp³-hybridized carbons (Fsp3) is 0.658. The highest BCUT2D eigenvalue weighted by molar-refractivity contribution is 6.38. The van der Waals surface area contributed by atoms with Crippen LogP contribution in [0.3, 0.4) is 0 Å². The molecule has 2 fully saturated rings. The number of amides is 5. The summed E-state index contributed by atoms with van der Waals surface area (Å²) in [6.07, 6.45) is -5.09. The lowest BCUT2D eigenvalue weighted by atomic mass is 9.85. The Morgan fingerprint density at radius 2 is 1.51 bits per heavy atom. The zero-order valence-electron chi connectivity index (χ0n) is 32.3. The van der Waals surface area contributed by atoms with Gasteiger partial charge in [-0.25, -0.2) is 13.6 Å². The molecule has 3 rings (SSSR count). The van der Waals surface area contributed by atoms with Gasteiger partial charge >= 0.3 is 6.09 Å². The number of ketones is 2. The van der Waals surface area contributed by atoms with E-state index in [0.717, 1.165) is 0 Å². The lowest BCUT2D eigenvalue weighted by Gasteiger charge is -2.38. The van der Waals surface area contributed by atoms with Crippen molar-refractivity contribution in [2.24, 2.45) is 28.6 Å². The quantitative estimate of drug-likeness (QED) is 0.196. The van der Waals surface area contributed by atoms with Crippen molar-refractivity contribution in [3.8, 4) is 0 Å². The van der Waals surface area contributed by atoms with Gasteiger partial charge in [-0.05, 0) is 55.4 Å². The molecule has 1 heterocycles. The lowest BCUT2D eigenvalue weighted by molar-refractivity contribution is -0.145. The standard InChI is InChI=1S/C38H55F2N5O8/c1-20(2)29(47)27(21-14-12-11-13-15-21)43-25(46)18-41-33(50)30(48)23(16-17-24(39)40)42-32(49)28-26-22(38(26,9)10)19-45(28)34(51)31(36(3,4)5)44-35(52)53-37(6,7)8/h11-15,20,22-24,26-28,31H,16-19H2,1-10H3,(H,41,50)(H,42,49)(H,43,46)(H,44,52)/t22-,23?,26-,27-,28-,31+/m0/s1. The summed E-state index contributed by atoms with van der Waals surface area (Å²) in [6, 6.07) is 3.51. The number of hydrogen-bond donors (Lipinski definition) is 4. The van der Waals surface area contributed by atoms with Gasteiger partial charge in [-0.1, -0.05) is 78.8 Å². The van der Waals surface area contributed by atoms with E-state index in [1.54, 1.807) is 85.7 Å². The summed E-state index contributed by atoms with van der Waals surface area (Å²) in [5.41, 5.74) is -1.51. The Labute approximate surface area is 310 Å². The van der Waals surface area contributed by atoms with Crippen molar-refractivity contribution >= 4 is 41.3 Å². The Kier molecular flexibility index (Phi) is 13.6. The topological polar surface area (TPSA) is 180 Å². The van der Waals surface area contributed by atoms with E-state index in [-0.39, 0.29) is 29.6 Å². The Morgan fingerprint density at radius 1 is 0.906 bits per heavy atom. The third kappa shape index (κ3) is 11.0. The van der Waals surface area contributed by atoms with Gasteiger partial charge in [0.15, 0.2) is 5.78 Å². The van der Waals surface area contributed by atoms with Crippen LogP contribution in [0.15, 0.2) is 30.3 Å². The zero-order valence-corrected chi connectivity index (χ0v) is 32.3. The molecule has 1 aliphatic heterocycles. The summed E-state index contributed by atoms with van der Waals surface area (Å²) < 4.78 is 32.1. The van der Waals surface area contributed by atoms with Crippen molar-refractivity contribution in [1.29, 1.82) is 0 Å². The molecule has 5 amide bonds. The van der Waals surface area contributed by atoms with Crippen LogP contribution in [-0.4, -0.2) is 89.4 Å². The summed E-state index contributed by atoms with van der Waals surface area (Å²) in [6.45, 7) is 16.9. The molecule has 0 spiro atoms. The van der Waals surface area contributed by atoms with Crippen molar-refractivity contribution < 1.29 is 47.1 Å². The van der Waals surface area contributed by atoms with Crippen LogP contribution in [0.4, 0.5) is 13.6 Å². The third-order valence-electron chi connectivity index (χ3n) is 9.77.